The molecule has 1 aromatic carbocycles. The van der Waals surface area contributed by atoms with Gasteiger partial charge < -0.3 is 10.4 Å². The number of hydrogen-bond donors (Lipinski definition) is 3. The van der Waals surface area contributed by atoms with Gasteiger partial charge in [-0.2, -0.15) is 0 Å². The molecule has 15 heavy (non-hydrogen) atoms. The van der Waals surface area contributed by atoms with Crippen LogP contribution >= 0.6 is 0 Å². The first-order valence-electron chi connectivity index (χ1n) is 4.57. The third kappa shape index (κ3) is 1.97. The van der Waals surface area contributed by atoms with Gasteiger partial charge in [-0.15, -0.1) is 0 Å². The topological polar surface area (TPSA) is 92.4 Å². The summed E-state index contributed by atoms with van der Waals surface area (Å²) in [6.07, 6.45) is -0.0518. The van der Waals surface area contributed by atoms with Gasteiger partial charge in [-0.25, -0.2) is 13.6 Å². The number of benzene rings is 1. The van der Waals surface area contributed by atoms with Gasteiger partial charge in [-0.1, -0.05) is 0 Å². The molecule has 0 saturated heterocycles. The lowest BCUT2D eigenvalue weighted by molar-refractivity contribution is 0.168. The second kappa shape index (κ2) is 3.48. The minimum absolute atomic E-state index is 0.0315. The third-order valence-electron chi connectivity index (χ3n) is 2.44. The van der Waals surface area contributed by atoms with E-state index in [0.29, 0.717) is 18.5 Å². The van der Waals surface area contributed by atoms with Crippen LogP contribution in [-0.4, -0.2) is 20.1 Å². The molecule has 82 valence electrons. The summed E-state index contributed by atoms with van der Waals surface area (Å²) in [6.45, 7) is 0.683. The number of sulfonamides is 1. The van der Waals surface area contributed by atoms with Crippen molar-refractivity contribution in [3.05, 3.63) is 23.8 Å². The lowest BCUT2D eigenvalue weighted by atomic mass is 10.0. The van der Waals surface area contributed by atoms with Crippen LogP contribution in [0.2, 0.25) is 0 Å². The zero-order valence-electron chi connectivity index (χ0n) is 7.97. The van der Waals surface area contributed by atoms with Crippen LogP contribution < -0.4 is 10.5 Å². The van der Waals surface area contributed by atoms with Crippen molar-refractivity contribution in [2.75, 3.05) is 11.9 Å². The maximum Gasteiger partial charge on any atom is 0.238 e. The highest BCUT2D eigenvalue weighted by Crippen LogP contribution is 2.31. The first-order chi connectivity index (χ1) is 6.98. The van der Waals surface area contributed by atoms with E-state index in [0.717, 1.165) is 5.69 Å². The van der Waals surface area contributed by atoms with Crippen molar-refractivity contribution in [2.45, 2.75) is 17.4 Å². The fraction of sp³-hybridized carbons (Fsp3) is 0.333. The molecule has 0 radical (unpaired) electrons. The van der Waals surface area contributed by atoms with Crippen LogP contribution in [0.4, 0.5) is 5.69 Å². The smallest absolute Gasteiger partial charge is 0.238 e. The molecule has 0 aromatic heterocycles. The minimum atomic E-state index is -3.70. The zero-order chi connectivity index (χ0) is 11.1. The van der Waals surface area contributed by atoms with E-state index < -0.39 is 16.1 Å². The lowest BCUT2D eigenvalue weighted by Crippen LogP contribution is -2.18. The fourth-order valence-corrected chi connectivity index (χ4v) is 2.20. The Kier molecular flexibility index (Phi) is 2.41. The normalized spacial score (nSPS) is 20.5. The monoisotopic (exact) mass is 228 g/mol. The van der Waals surface area contributed by atoms with E-state index >= 15 is 0 Å². The highest BCUT2D eigenvalue weighted by molar-refractivity contribution is 7.89. The average Bonchev–Trinajstić information content (AvgIpc) is 2.16. The Morgan fingerprint density at radius 2 is 2.20 bits per heavy atom. The zero-order valence-corrected chi connectivity index (χ0v) is 8.79. The van der Waals surface area contributed by atoms with Crippen LogP contribution in [0.15, 0.2) is 23.1 Å². The van der Waals surface area contributed by atoms with E-state index in [9.17, 15) is 13.5 Å². The molecular weight excluding hydrogens is 216 g/mol. The second-order valence-corrected chi connectivity index (χ2v) is 5.09. The van der Waals surface area contributed by atoms with Gasteiger partial charge in [0.2, 0.25) is 10.0 Å². The molecule has 1 aliphatic heterocycles. The Hall–Kier alpha value is -1.11. The predicted octanol–water partition coefficient (Wildman–Crippen LogP) is 0.183. The van der Waals surface area contributed by atoms with Crippen molar-refractivity contribution in [3.63, 3.8) is 0 Å². The van der Waals surface area contributed by atoms with Crippen molar-refractivity contribution in [1.29, 1.82) is 0 Å². The summed E-state index contributed by atoms with van der Waals surface area (Å²) in [4.78, 5) is 0.0315. The van der Waals surface area contributed by atoms with Gasteiger partial charge in [0.1, 0.15) is 0 Å². The Morgan fingerprint density at radius 3 is 2.87 bits per heavy atom. The largest absolute Gasteiger partial charge is 0.388 e. The molecule has 6 heteroatoms. The molecular formula is C9H12N2O3S. The lowest BCUT2D eigenvalue weighted by Gasteiger charge is -2.23. The summed E-state index contributed by atoms with van der Waals surface area (Å²) >= 11 is 0. The molecule has 1 heterocycles. The van der Waals surface area contributed by atoms with E-state index in [4.69, 9.17) is 5.14 Å². The molecule has 0 amide bonds. The molecule has 1 aromatic rings. The quantitative estimate of drug-likeness (QED) is 0.639. The molecule has 0 fully saturated rings. The van der Waals surface area contributed by atoms with Crippen LogP contribution in [-0.2, 0) is 10.0 Å². The number of nitrogens with two attached hydrogens (primary N) is 1. The molecule has 0 aliphatic carbocycles. The summed E-state index contributed by atoms with van der Waals surface area (Å²) < 4.78 is 22.2. The number of anilines is 1. The maximum absolute atomic E-state index is 11.1. The fourth-order valence-electron chi connectivity index (χ4n) is 1.65. The molecule has 1 unspecified atom stereocenters. The summed E-state index contributed by atoms with van der Waals surface area (Å²) in [5.41, 5.74) is 1.36. The molecule has 0 bridgehead atoms. The average molecular weight is 228 g/mol. The Balaban J connectivity index is 2.53. The highest BCUT2D eigenvalue weighted by atomic mass is 32.2. The molecule has 1 aliphatic rings. The molecule has 1 atom stereocenters. The summed E-state index contributed by atoms with van der Waals surface area (Å²) in [5.74, 6) is 0. The number of aliphatic hydroxyl groups excluding tert-OH is 1. The number of aliphatic hydroxyl groups is 1. The molecule has 0 spiro atoms. The van der Waals surface area contributed by atoms with E-state index in [1.54, 1.807) is 6.07 Å². The summed E-state index contributed by atoms with van der Waals surface area (Å²) in [5, 5.41) is 17.8. The molecule has 0 saturated carbocycles. The Labute approximate surface area is 88.0 Å². The standard InChI is InChI=1S/C9H12N2O3S/c10-15(13,14)6-1-2-8-7(5-6)9(12)3-4-11-8/h1-2,5,9,11-12H,3-4H2,(H2,10,13,14). The van der Waals surface area contributed by atoms with Crippen molar-refractivity contribution in [1.82, 2.24) is 0 Å². The summed E-state index contributed by atoms with van der Waals surface area (Å²) in [7, 11) is -3.70. The van der Waals surface area contributed by atoms with Crippen LogP contribution in [0, 0.1) is 0 Å². The Bertz CT molecular complexity index is 484. The van der Waals surface area contributed by atoms with Crippen LogP contribution in [0.1, 0.15) is 18.1 Å². The van der Waals surface area contributed by atoms with Gasteiger partial charge in [0.05, 0.1) is 11.0 Å². The van der Waals surface area contributed by atoms with Gasteiger partial charge in [-0.3, -0.25) is 0 Å². The predicted molar refractivity (Wildman–Crippen MR) is 55.9 cm³/mol. The summed E-state index contributed by atoms with van der Waals surface area (Å²) in [6, 6.07) is 4.47. The van der Waals surface area contributed by atoms with Crippen molar-refractivity contribution < 1.29 is 13.5 Å². The minimum Gasteiger partial charge on any atom is -0.388 e. The highest BCUT2D eigenvalue weighted by Gasteiger charge is 2.19. The van der Waals surface area contributed by atoms with Gasteiger partial charge in [0, 0.05) is 17.8 Å². The van der Waals surface area contributed by atoms with E-state index in [1.165, 1.54) is 12.1 Å². The van der Waals surface area contributed by atoms with E-state index in [-0.39, 0.29) is 4.90 Å². The SMILES string of the molecule is NS(=O)(=O)c1ccc2c(c1)C(O)CCN2. The molecule has 5 nitrogen and oxygen atoms in total. The first kappa shape index (κ1) is 10.4. The number of fused-ring (bicyclic) bond motifs is 1. The maximum atomic E-state index is 11.1. The van der Waals surface area contributed by atoms with Crippen LogP contribution in [0.3, 0.4) is 0 Å². The van der Waals surface area contributed by atoms with Gasteiger partial charge in [-0.05, 0) is 24.6 Å². The van der Waals surface area contributed by atoms with E-state index in [1.807, 2.05) is 0 Å². The first-order valence-corrected chi connectivity index (χ1v) is 6.12. The third-order valence-corrected chi connectivity index (χ3v) is 3.35. The Morgan fingerprint density at radius 1 is 1.47 bits per heavy atom. The van der Waals surface area contributed by atoms with Crippen molar-refractivity contribution >= 4 is 15.7 Å². The van der Waals surface area contributed by atoms with E-state index in [2.05, 4.69) is 5.32 Å². The van der Waals surface area contributed by atoms with Gasteiger partial charge in [0.15, 0.2) is 0 Å². The van der Waals surface area contributed by atoms with Gasteiger partial charge >= 0.3 is 0 Å². The van der Waals surface area contributed by atoms with Crippen molar-refractivity contribution in [2.24, 2.45) is 5.14 Å². The van der Waals surface area contributed by atoms with Crippen LogP contribution in [0.25, 0.3) is 0 Å². The number of nitrogens with one attached hydrogen (secondary N) is 1. The van der Waals surface area contributed by atoms with Crippen molar-refractivity contribution in [3.8, 4) is 0 Å². The van der Waals surface area contributed by atoms with Crippen LogP contribution in [0.5, 0.6) is 0 Å². The second-order valence-electron chi connectivity index (χ2n) is 3.53. The number of primary sulfonamides is 1. The number of rotatable bonds is 1. The van der Waals surface area contributed by atoms with Gasteiger partial charge in [0.25, 0.3) is 0 Å². The molecule has 2 rings (SSSR count). The molecule has 4 N–H and O–H groups in total. The number of hydrogen-bond acceptors (Lipinski definition) is 4.